The Labute approximate surface area is 153 Å². The fourth-order valence-corrected chi connectivity index (χ4v) is 3.55. The highest BCUT2D eigenvalue weighted by Crippen LogP contribution is 2.26. The van der Waals surface area contributed by atoms with Gasteiger partial charge in [-0.3, -0.25) is 4.79 Å². The largest absolute Gasteiger partial charge is 0.349 e. The van der Waals surface area contributed by atoms with Crippen molar-refractivity contribution in [2.24, 2.45) is 11.7 Å². The minimum Gasteiger partial charge on any atom is -0.349 e. The zero-order valence-corrected chi connectivity index (χ0v) is 15.3. The number of amides is 1. The molecule has 1 aliphatic carbocycles. The van der Waals surface area contributed by atoms with E-state index in [-0.39, 0.29) is 30.2 Å². The lowest BCUT2D eigenvalue weighted by atomic mass is 10.0. The molecule has 136 valence electrons. The SMILES string of the molecule is Cc1nn(-c2ccc(F)cc2)c(C)c1C(=O)NC1CCCC1CN.Cl. The second-order valence-corrected chi connectivity index (χ2v) is 6.44. The molecule has 0 saturated heterocycles. The van der Waals surface area contributed by atoms with Gasteiger partial charge in [-0.05, 0) is 63.4 Å². The fraction of sp³-hybridized carbons (Fsp3) is 0.444. The van der Waals surface area contributed by atoms with Crippen molar-refractivity contribution in [3.05, 3.63) is 47.0 Å². The number of rotatable bonds is 4. The van der Waals surface area contributed by atoms with Crippen LogP contribution in [0, 0.1) is 25.6 Å². The van der Waals surface area contributed by atoms with Gasteiger partial charge in [-0.15, -0.1) is 12.4 Å². The summed E-state index contributed by atoms with van der Waals surface area (Å²) >= 11 is 0. The number of aryl methyl sites for hydroxylation is 1. The number of benzene rings is 1. The molecule has 0 radical (unpaired) electrons. The number of aromatic nitrogens is 2. The minimum atomic E-state index is -0.299. The van der Waals surface area contributed by atoms with E-state index in [1.807, 2.05) is 13.8 Å². The maximum absolute atomic E-state index is 13.1. The van der Waals surface area contributed by atoms with E-state index in [1.54, 1.807) is 16.8 Å². The molecule has 1 heterocycles. The molecular formula is C18H24ClFN4O. The topological polar surface area (TPSA) is 72.9 Å². The van der Waals surface area contributed by atoms with Crippen molar-refractivity contribution in [3.63, 3.8) is 0 Å². The average molecular weight is 367 g/mol. The van der Waals surface area contributed by atoms with Gasteiger partial charge >= 0.3 is 0 Å². The lowest BCUT2D eigenvalue weighted by molar-refractivity contribution is 0.0927. The Bertz CT molecular complexity index is 744. The van der Waals surface area contributed by atoms with Gasteiger partial charge in [0, 0.05) is 6.04 Å². The number of nitrogens with two attached hydrogens (primary N) is 1. The lowest BCUT2D eigenvalue weighted by Crippen LogP contribution is -2.40. The van der Waals surface area contributed by atoms with Gasteiger partial charge in [0.15, 0.2) is 0 Å². The molecule has 3 N–H and O–H groups in total. The van der Waals surface area contributed by atoms with Crippen molar-refractivity contribution in [3.8, 4) is 5.69 Å². The standard InChI is InChI=1S/C18H23FN4O.ClH/c1-11-17(18(24)21-16-5-3-4-13(16)10-20)12(2)23(22-11)15-8-6-14(19)7-9-15;/h6-9,13,16H,3-5,10,20H2,1-2H3,(H,21,24);1H. The molecule has 25 heavy (non-hydrogen) atoms. The van der Waals surface area contributed by atoms with E-state index in [2.05, 4.69) is 10.4 Å². The highest BCUT2D eigenvalue weighted by molar-refractivity contribution is 5.96. The summed E-state index contributed by atoms with van der Waals surface area (Å²) in [7, 11) is 0. The van der Waals surface area contributed by atoms with Gasteiger partial charge in [0.1, 0.15) is 5.82 Å². The number of nitrogens with one attached hydrogen (secondary N) is 1. The summed E-state index contributed by atoms with van der Waals surface area (Å²) in [5.74, 6) is -0.0577. The Kier molecular flexibility index (Phi) is 6.19. The third kappa shape index (κ3) is 3.85. The Morgan fingerprint density at radius 3 is 2.64 bits per heavy atom. The third-order valence-corrected chi connectivity index (χ3v) is 4.87. The van der Waals surface area contributed by atoms with Crippen molar-refractivity contribution < 1.29 is 9.18 Å². The first-order valence-corrected chi connectivity index (χ1v) is 8.34. The second-order valence-electron chi connectivity index (χ2n) is 6.44. The van der Waals surface area contributed by atoms with Crippen LogP contribution in [0.25, 0.3) is 5.69 Å². The van der Waals surface area contributed by atoms with Crippen LogP contribution in [0.1, 0.15) is 41.0 Å². The molecule has 1 amide bonds. The quantitative estimate of drug-likeness (QED) is 0.873. The van der Waals surface area contributed by atoms with Gasteiger partial charge in [-0.2, -0.15) is 5.10 Å². The summed E-state index contributed by atoms with van der Waals surface area (Å²) < 4.78 is 14.8. The first kappa shape index (κ1) is 19.4. The van der Waals surface area contributed by atoms with Crippen molar-refractivity contribution in [1.82, 2.24) is 15.1 Å². The van der Waals surface area contributed by atoms with E-state index in [9.17, 15) is 9.18 Å². The molecule has 2 unspecified atom stereocenters. The van der Waals surface area contributed by atoms with Crippen molar-refractivity contribution in [1.29, 1.82) is 0 Å². The van der Waals surface area contributed by atoms with Crippen LogP contribution in [0.5, 0.6) is 0 Å². The lowest BCUT2D eigenvalue weighted by Gasteiger charge is -2.19. The molecule has 1 aromatic heterocycles. The van der Waals surface area contributed by atoms with Crippen LogP contribution in [0.15, 0.2) is 24.3 Å². The normalized spacial score (nSPS) is 19.5. The minimum absolute atomic E-state index is 0. The van der Waals surface area contributed by atoms with Gasteiger partial charge in [0.2, 0.25) is 0 Å². The number of carbonyl (C=O) groups is 1. The maximum Gasteiger partial charge on any atom is 0.255 e. The van der Waals surface area contributed by atoms with Gasteiger partial charge < -0.3 is 11.1 Å². The number of hydrogen-bond donors (Lipinski definition) is 2. The van der Waals surface area contributed by atoms with Crippen LogP contribution in [-0.2, 0) is 0 Å². The van der Waals surface area contributed by atoms with Crippen molar-refractivity contribution in [2.75, 3.05) is 6.54 Å². The molecule has 0 aliphatic heterocycles. The smallest absolute Gasteiger partial charge is 0.255 e. The summed E-state index contributed by atoms with van der Waals surface area (Å²) in [5.41, 5.74) is 8.52. The molecule has 3 rings (SSSR count). The van der Waals surface area contributed by atoms with Crippen LogP contribution in [0.2, 0.25) is 0 Å². The first-order valence-electron chi connectivity index (χ1n) is 8.34. The molecule has 1 fully saturated rings. The molecule has 1 aliphatic rings. The summed E-state index contributed by atoms with van der Waals surface area (Å²) in [6, 6.07) is 6.21. The number of halogens is 2. The highest BCUT2D eigenvalue weighted by Gasteiger charge is 2.29. The molecule has 1 saturated carbocycles. The van der Waals surface area contributed by atoms with Gasteiger partial charge in [0.25, 0.3) is 5.91 Å². The summed E-state index contributed by atoms with van der Waals surface area (Å²) in [6.45, 7) is 4.27. The predicted octanol–water partition coefficient (Wildman–Crippen LogP) is 2.91. The molecule has 5 nitrogen and oxygen atoms in total. The molecule has 7 heteroatoms. The third-order valence-electron chi connectivity index (χ3n) is 4.87. The monoisotopic (exact) mass is 366 g/mol. The predicted molar refractivity (Wildman–Crippen MR) is 97.9 cm³/mol. The molecular weight excluding hydrogens is 343 g/mol. The van der Waals surface area contributed by atoms with Gasteiger partial charge in [-0.25, -0.2) is 9.07 Å². The van der Waals surface area contributed by atoms with Crippen LogP contribution in [0.3, 0.4) is 0 Å². The Balaban J connectivity index is 0.00000225. The van der Waals surface area contributed by atoms with E-state index in [0.29, 0.717) is 23.7 Å². The highest BCUT2D eigenvalue weighted by atomic mass is 35.5. The second kappa shape index (κ2) is 7.97. The van der Waals surface area contributed by atoms with E-state index in [4.69, 9.17) is 5.73 Å². The maximum atomic E-state index is 13.1. The molecule has 0 spiro atoms. The van der Waals surface area contributed by atoms with E-state index >= 15 is 0 Å². The van der Waals surface area contributed by atoms with Crippen LogP contribution < -0.4 is 11.1 Å². The molecule has 2 aromatic rings. The van der Waals surface area contributed by atoms with E-state index in [0.717, 1.165) is 30.6 Å². The van der Waals surface area contributed by atoms with Crippen molar-refractivity contribution >= 4 is 18.3 Å². The summed E-state index contributed by atoms with van der Waals surface area (Å²) in [6.07, 6.45) is 3.13. The van der Waals surface area contributed by atoms with E-state index < -0.39 is 0 Å². The van der Waals surface area contributed by atoms with Crippen LogP contribution in [0.4, 0.5) is 4.39 Å². The molecule has 1 aromatic carbocycles. The number of hydrogen-bond acceptors (Lipinski definition) is 3. The van der Waals surface area contributed by atoms with Crippen molar-refractivity contribution in [2.45, 2.75) is 39.2 Å². The Morgan fingerprint density at radius 1 is 1.32 bits per heavy atom. The zero-order valence-electron chi connectivity index (χ0n) is 14.5. The first-order chi connectivity index (χ1) is 11.5. The molecule has 0 bridgehead atoms. The fourth-order valence-electron chi connectivity index (χ4n) is 3.55. The zero-order chi connectivity index (χ0) is 17.3. The van der Waals surface area contributed by atoms with Crippen LogP contribution in [-0.4, -0.2) is 28.3 Å². The summed E-state index contributed by atoms with van der Waals surface area (Å²) in [5, 5.41) is 7.57. The molecule has 2 atom stereocenters. The number of nitrogens with zero attached hydrogens (tertiary/aromatic N) is 2. The Hall–Kier alpha value is -1.92. The van der Waals surface area contributed by atoms with Gasteiger partial charge in [0.05, 0.1) is 22.6 Å². The van der Waals surface area contributed by atoms with Crippen LogP contribution >= 0.6 is 12.4 Å². The average Bonchev–Trinajstić information content (AvgIpc) is 3.12. The number of carbonyl (C=O) groups excluding carboxylic acids is 1. The Morgan fingerprint density at radius 2 is 2.00 bits per heavy atom. The summed E-state index contributed by atoms with van der Waals surface area (Å²) in [4.78, 5) is 12.7. The van der Waals surface area contributed by atoms with E-state index in [1.165, 1.54) is 12.1 Å². The van der Waals surface area contributed by atoms with Gasteiger partial charge in [-0.1, -0.05) is 6.42 Å².